The van der Waals surface area contributed by atoms with E-state index in [1.807, 2.05) is 24.3 Å². The molecule has 6 nitrogen and oxygen atoms in total. The number of benzene rings is 2. The van der Waals surface area contributed by atoms with Crippen LogP contribution in [0.5, 0.6) is 0 Å². The summed E-state index contributed by atoms with van der Waals surface area (Å²) in [5, 5.41) is 3.37. The molecule has 1 aliphatic heterocycles. The van der Waals surface area contributed by atoms with Crippen molar-refractivity contribution in [2.24, 2.45) is 4.99 Å². The van der Waals surface area contributed by atoms with Gasteiger partial charge in [0.25, 0.3) is 0 Å². The average Bonchev–Trinajstić information content (AvgIpc) is 2.71. The molecule has 156 valence electrons. The summed E-state index contributed by atoms with van der Waals surface area (Å²) in [5.41, 5.74) is 3.41. The predicted octanol–water partition coefficient (Wildman–Crippen LogP) is 2.94. The van der Waals surface area contributed by atoms with E-state index in [0.717, 1.165) is 31.2 Å². The lowest BCUT2D eigenvalue weighted by atomic mass is 10.0. The minimum Gasteiger partial charge on any atom is -0.370 e. The summed E-state index contributed by atoms with van der Waals surface area (Å²) in [6.45, 7) is 7.58. The summed E-state index contributed by atoms with van der Waals surface area (Å²) in [6, 6.07) is 15.2. The van der Waals surface area contributed by atoms with Crippen LogP contribution in [0.25, 0.3) is 0 Å². The van der Waals surface area contributed by atoms with E-state index in [2.05, 4.69) is 36.2 Å². The van der Waals surface area contributed by atoms with Gasteiger partial charge in [0, 0.05) is 19.3 Å². The number of sulfone groups is 1. The maximum Gasteiger partial charge on any atom is 0.194 e. The Labute approximate surface area is 173 Å². The Morgan fingerprint density at radius 2 is 1.93 bits per heavy atom. The van der Waals surface area contributed by atoms with Crippen LogP contribution in [0.4, 0.5) is 0 Å². The van der Waals surface area contributed by atoms with Crippen LogP contribution >= 0.6 is 0 Å². The first-order valence-electron chi connectivity index (χ1n) is 9.88. The molecule has 1 atom stereocenters. The molecule has 1 aliphatic rings. The summed E-state index contributed by atoms with van der Waals surface area (Å²) in [6.07, 6.45) is 1.23. The van der Waals surface area contributed by atoms with Gasteiger partial charge < -0.3 is 15.0 Å². The van der Waals surface area contributed by atoms with Gasteiger partial charge in [-0.05, 0) is 42.7 Å². The second kappa shape index (κ2) is 9.41. The standard InChI is InChI=1S/C22H29N3O3S/c1-4-23-22(24-15-18-9-11-19(12-10-18)29(3,26)27)25-13-14-28-21(16-25)20-8-6-5-7-17(20)2/h5-12,21H,4,13-16H2,1-3H3,(H,23,24). The van der Waals surface area contributed by atoms with Crippen LogP contribution in [0.15, 0.2) is 58.4 Å². The first kappa shape index (κ1) is 21.3. The lowest BCUT2D eigenvalue weighted by molar-refractivity contribution is -0.00834. The lowest BCUT2D eigenvalue weighted by Gasteiger charge is -2.35. The van der Waals surface area contributed by atoms with E-state index in [1.165, 1.54) is 17.4 Å². The molecule has 0 radical (unpaired) electrons. The maximum atomic E-state index is 11.6. The minimum atomic E-state index is -3.18. The molecule has 2 aromatic carbocycles. The van der Waals surface area contributed by atoms with Gasteiger partial charge in [0.15, 0.2) is 15.8 Å². The van der Waals surface area contributed by atoms with Crippen molar-refractivity contribution in [1.82, 2.24) is 10.2 Å². The number of nitrogens with one attached hydrogen (secondary N) is 1. The molecule has 1 unspecified atom stereocenters. The average molecular weight is 416 g/mol. The Morgan fingerprint density at radius 1 is 1.21 bits per heavy atom. The fourth-order valence-electron chi connectivity index (χ4n) is 3.41. The van der Waals surface area contributed by atoms with Crippen LogP contribution in [0.3, 0.4) is 0 Å². The highest BCUT2D eigenvalue weighted by Gasteiger charge is 2.25. The Kier molecular flexibility index (Phi) is 6.92. The SMILES string of the molecule is CCNC(=NCc1ccc(S(C)(=O)=O)cc1)N1CCOC(c2ccccc2C)C1. The number of hydrogen-bond acceptors (Lipinski definition) is 4. The van der Waals surface area contributed by atoms with Crippen LogP contribution in [-0.2, 0) is 21.1 Å². The molecule has 0 amide bonds. The molecule has 1 heterocycles. The van der Waals surface area contributed by atoms with Crippen LogP contribution in [-0.4, -0.2) is 51.8 Å². The van der Waals surface area contributed by atoms with Crippen molar-refractivity contribution in [3.63, 3.8) is 0 Å². The molecule has 7 heteroatoms. The fourth-order valence-corrected chi connectivity index (χ4v) is 4.04. The van der Waals surface area contributed by atoms with E-state index >= 15 is 0 Å². The highest BCUT2D eigenvalue weighted by molar-refractivity contribution is 7.90. The molecule has 0 saturated carbocycles. The molecule has 1 saturated heterocycles. The molecule has 0 bridgehead atoms. The van der Waals surface area contributed by atoms with Gasteiger partial charge in [-0.15, -0.1) is 0 Å². The molecule has 1 fully saturated rings. The number of rotatable bonds is 5. The normalized spacial score (nSPS) is 18.0. The third-order valence-corrected chi connectivity index (χ3v) is 6.13. The molecular weight excluding hydrogens is 386 g/mol. The molecule has 2 aromatic rings. The van der Waals surface area contributed by atoms with E-state index in [9.17, 15) is 8.42 Å². The maximum absolute atomic E-state index is 11.6. The number of hydrogen-bond donors (Lipinski definition) is 1. The van der Waals surface area contributed by atoms with Crippen molar-refractivity contribution in [3.05, 3.63) is 65.2 Å². The molecular formula is C22H29N3O3S. The molecule has 29 heavy (non-hydrogen) atoms. The van der Waals surface area contributed by atoms with Gasteiger partial charge >= 0.3 is 0 Å². The zero-order chi connectivity index (χ0) is 20.9. The third-order valence-electron chi connectivity index (χ3n) is 5.00. The number of aliphatic imine (C=N–C) groups is 1. The lowest BCUT2D eigenvalue weighted by Crippen LogP contribution is -2.48. The number of ether oxygens (including phenoxy) is 1. The first-order chi connectivity index (χ1) is 13.9. The molecule has 3 rings (SSSR count). The van der Waals surface area contributed by atoms with E-state index in [4.69, 9.17) is 9.73 Å². The van der Waals surface area contributed by atoms with Gasteiger partial charge in [-0.2, -0.15) is 0 Å². The molecule has 0 aromatic heterocycles. The van der Waals surface area contributed by atoms with Crippen LogP contribution < -0.4 is 5.32 Å². The van der Waals surface area contributed by atoms with Gasteiger partial charge in [-0.1, -0.05) is 36.4 Å². The van der Waals surface area contributed by atoms with Gasteiger partial charge in [-0.25, -0.2) is 13.4 Å². The van der Waals surface area contributed by atoms with E-state index in [-0.39, 0.29) is 6.10 Å². The smallest absolute Gasteiger partial charge is 0.194 e. The number of aryl methyl sites for hydroxylation is 1. The van der Waals surface area contributed by atoms with Crippen LogP contribution in [0.2, 0.25) is 0 Å². The van der Waals surface area contributed by atoms with Crippen LogP contribution in [0, 0.1) is 6.92 Å². The summed E-state index contributed by atoms with van der Waals surface area (Å²) < 4.78 is 29.3. The van der Waals surface area contributed by atoms with Crippen molar-refractivity contribution in [1.29, 1.82) is 0 Å². The van der Waals surface area contributed by atoms with Gasteiger partial charge in [-0.3, -0.25) is 0 Å². The Hall–Kier alpha value is -2.38. The van der Waals surface area contributed by atoms with Crippen LogP contribution in [0.1, 0.15) is 29.7 Å². The molecule has 0 aliphatic carbocycles. The zero-order valence-corrected chi connectivity index (χ0v) is 18.1. The predicted molar refractivity (Wildman–Crippen MR) is 116 cm³/mol. The topological polar surface area (TPSA) is 71.0 Å². The Bertz CT molecular complexity index is 956. The third kappa shape index (κ3) is 5.58. The first-order valence-corrected chi connectivity index (χ1v) is 11.8. The summed E-state index contributed by atoms with van der Waals surface area (Å²) in [5.74, 6) is 0.849. The zero-order valence-electron chi connectivity index (χ0n) is 17.3. The summed E-state index contributed by atoms with van der Waals surface area (Å²) >= 11 is 0. The monoisotopic (exact) mass is 415 g/mol. The summed E-state index contributed by atoms with van der Waals surface area (Å²) in [7, 11) is -3.18. The van der Waals surface area contributed by atoms with Crippen molar-refractivity contribution in [2.45, 2.75) is 31.4 Å². The highest BCUT2D eigenvalue weighted by atomic mass is 32.2. The fraction of sp³-hybridized carbons (Fsp3) is 0.409. The molecule has 0 spiro atoms. The van der Waals surface area contributed by atoms with Crippen molar-refractivity contribution < 1.29 is 13.2 Å². The number of morpholine rings is 1. The highest BCUT2D eigenvalue weighted by Crippen LogP contribution is 2.25. The second-order valence-corrected chi connectivity index (χ2v) is 9.26. The number of guanidine groups is 1. The van der Waals surface area contributed by atoms with Crippen molar-refractivity contribution >= 4 is 15.8 Å². The van der Waals surface area contributed by atoms with E-state index in [1.54, 1.807) is 12.1 Å². The van der Waals surface area contributed by atoms with E-state index < -0.39 is 9.84 Å². The van der Waals surface area contributed by atoms with Gasteiger partial charge in [0.1, 0.15) is 6.10 Å². The number of nitrogens with zero attached hydrogens (tertiary/aromatic N) is 2. The Balaban J connectivity index is 1.73. The summed E-state index contributed by atoms with van der Waals surface area (Å²) in [4.78, 5) is 7.33. The van der Waals surface area contributed by atoms with Crippen molar-refractivity contribution in [3.8, 4) is 0 Å². The Morgan fingerprint density at radius 3 is 2.59 bits per heavy atom. The quantitative estimate of drug-likeness (QED) is 0.601. The minimum absolute atomic E-state index is 0.0165. The van der Waals surface area contributed by atoms with Crippen molar-refractivity contribution in [2.75, 3.05) is 32.5 Å². The van der Waals surface area contributed by atoms with E-state index in [0.29, 0.717) is 18.0 Å². The van der Waals surface area contributed by atoms with Gasteiger partial charge in [0.05, 0.1) is 24.6 Å². The largest absolute Gasteiger partial charge is 0.370 e. The molecule has 1 N–H and O–H groups in total. The van der Waals surface area contributed by atoms with Gasteiger partial charge in [0.2, 0.25) is 0 Å². The second-order valence-electron chi connectivity index (χ2n) is 7.25.